The largest absolute Gasteiger partial charge is 0.396 e. The van der Waals surface area contributed by atoms with Crippen molar-refractivity contribution in [2.24, 2.45) is 10.2 Å². The molecule has 0 heterocycles. The van der Waals surface area contributed by atoms with Crippen molar-refractivity contribution in [1.82, 2.24) is 0 Å². The first-order valence-corrected chi connectivity index (χ1v) is 11.8. The van der Waals surface area contributed by atoms with E-state index in [4.69, 9.17) is 10.2 Å². The second-order valence-electron chi connectivity index (χ2n) is 6.00. The van der Waals surface area contributed by atoms with Gasteiger partial charge in [-0.15, -0.1) is 0 Å². The zero-order valence-electron chi connectivity index (χ0n) is 16.0. The first-order chi connectivity index (χ1) is 13.8. The molecule has 2 aromatic carbocycles. The van der Waals surface area contributed by atoms with Crippen LogP contribution in [0.2, 0.25) is 0 Å². The van der Waals surface area contributed by atoms with Gasteiger partial charge in [0.2, 0.25) is 0 Å². The third-order valence-corrected chi connectivity index (χ3v) is 5.87. The molecule has 0 aromatic heterocycles. The van der Waals surface area contributed by atoms with Gasteiger partial charge < -0.3 is 10.2 Å². The van der Waals surface area contributed by atoms with Crippen molar-refractivity contribution in [3.8, 4) is 0 Å². The first kappa shape index (κ1) is 22.7. The fourth-order valence-corrected chi connectivity index (χ4v) is 3.90. The summed E-state index contributed by atoms with van der Waals surface area (Å²) in [5, 5.41) is 27.2. The number of nitrogens with zero attached hydrogens (tertiary/aromatic N) is 2. The summed E-state index contributed by atoms with van der Waals surface area (Å²) in [6, 6.07) is 20.3. The summed E-state index contributed by atoms with van der Waals surface area (Å²) in [7, 11) is 0. The van der Waals surface area contributed by atoms with Gasteiger partial charge in [0.1, 0.15) is 0 Å². The summed E-state index contributed by atoms with van der Waals surface area (Å²) in [5.41, 5.74) is 4.08. The Bertz CT molecular complexity index is 658. The predicted octanol–water partition coefficient (Wildman–Crippen LogP) is 4.11. The third-order valence-electron chi connectivity index (χ3n) is 3.94. The zero-order chi connectivity index (χ0) is 19.9. The smallest absolute Gasteiger partial charge is 0.0711 e. The van der Waals surface area contributed by atoms with Gasteiger partial charge in [0, 0.05) is 24.3 Å². The zero-order valence-corrected chi connectivity index (χ0v) is 17.7. The number of thioether (sulfide) groups is 2. The lowest BCUT2D eigenvalue weighted by molar-refractivity contribution is 0.322. The van der Waals surface area contributed by atoms with Gasteiger partial charge >= 0.3 is 0 Å². The number of aliphatic hydroxyl groups is 2. The molecule has 2 aromatic rings. The van der Waals surface area contributed by atoms with Crippen molar-refractivity contribution in [3.63, 3.8) is 0 Å². The molecule has 0 fully saturated rings. The van der Waals surface area contributed by atoms with Crippen molar-refractivity contribution in [1.29, 1.82) is 0 Å². The van der Waals surface area contributed by atoms with E-state index in [1.54, 1.807) is 23.5 Å². The minimum Gasteiger partial charge on any atom is -0.396 e. The molecule has 0 aliphatic heterocycles. The average molecular weight is 417 g/mol. The second-order valence-corrected chi connectivity index (χ2v) is 8.45. The number of aliphatic hydroxyl groups excluding tert-OH is 2. The molecule has 4 nitrogen and oxygen atoms in total. The highest BCUT2D eigenvalue weighted by Crippen LogP contribution is 2.13. The normalized spacial score (nSPS) is 12.4. The van der Waals surface area contributed by atoms with Crippen LogP contribution in [0.3, 0.4) is 0 Å². The van der Waals surface area contributed by atoms with Crippen LogP contribution in [0.5, 0.6) is 0 Å². The van der Waals surface area contributed by atoms with Gasteiger partial charge in [-0.05, 0) is 22.6 Å². The quantitative estimate of drug-likeness (QED) is 0.293. The van der Waals surface area contributed by atoms with Crippen LogP contribution in [0.15, 0.2) is 70.9 Å². The van der Waals surface area contributed by atoms with Crippen LogP contribution in [-0.4, -0.2) is 57.9 Å². The fraction of sp³-hybridized carbons (Fsp3) is 0.364. The van der Waals surface area contributed by atoms with E-state index in [9.17, 15) is 0 Å². The lowest BCUT2D eigenvalue weighted by atomic mass is 10.1. The van der Waals surface area contributed by atoms with E-state index in [2.05, 4.69) is 34.5 Å². The van der Waals surface area contributed by atoms with Gasteiger partial charge in [-0.2, -0.15) is 33.7 Å². The molecule has 28 heavy (non-hydrogen) atoms. The maximum Gasteiger partial charge on any atom is 0.0711 e. The minimum atomic E-state index is 0.199. The van der Waals surface area contributed by atoms with Crippen molar-refractivity contribution in [2.75, 3.05) is 36.2 Å². The molecule has 0 saturated carbocycles. The van der Waals surface area contributed by atoms with Crippen molar-refractivity contribution >= 4 is 34.9 Å². The number of rotatable bonds is 13. The van der Waals surface area contributed by atoms with Crippen molar-refractivity contribution in [2.45, 2.75) is 12.8 Å². The number of hydrogen-bond donors (Lipinski definition) is 2. The Labute approximate surface area is 176 Å². The summed E-state index contributed by atoms with van der Waals surface area (Å²) >= 11 is 3.44. The van der Waals surface area contributed by atoms with E-state index in [-0.39, 0.29) is 13.2 Å². The van der Waals surface area contributed by atoms with Crippen molar-refractivity contribution < 1.29 is 10.2 Å². The molecule has 0 spiro atoms. The Morgan fingerprint density at radius 3 is 1.36 bits per heavy atom. The molecular weight excluding hydrogens is 388 g/mol. The van der Waals surface area contributed by atoms with Crippen LogP contribution in [-0.2, 0) is 0 Å². The molecule has 0 aliphatic carbocycles. The molecule has 6 heteroatoms. The molecular formula is C22H28N2O2S2. The molecule has 150 valence electrons. The average Bonchev–Trinajstić information content (AvgIpc) is 2.75. The van der Waals surface area contributed by atoms with Crippen LogP contribution in [0.1, 0.15) is 24.0 Å². The molecule has 0 unspecified atom stereocenters. The van der Waals surface area contributed by atoms with Gasteiger partial charge in [0.05, 0.1) is 24.6 Å². The standard InChI is InChI=1S/C22H28N2O2S2/c25-13-17-27-15-11-21(19-7-3-1-4-8-19)23-24-22(12-16-28-18-14-26)20-9-5-2-6-10-20/h1-10,25-26H,11-18H2/b23-21+,24-22+. The second kappa shape index (κ2) is 14.4. The van der Waals surface area contributed by atoms with Crippen LogP contribution in [0, 0.1) is 0 Å². The molecule has 0 aliphatic rings. The van der Waals surface area contributed by atoms with Crippen LogP contribution in [0.4, 0.5) is 0 Å². The Morgan fingerprint density at radius 2 is 1.00 bits per heavy atom. The highest BCUT2D eigenvalue weighted by atomic mass is 32.2. The first-order valence-electron chi connectivity index (χ1n) is 9.46. The van der Waals surface area contributed by atoms with Crippen LogP contribution >= 0.6 is 23.5 Å². The third kappa shape index (κ3) is 8.61. The van der Waals surface area contributed by atoms with Gasteiger partial charge in [0.25, 0.3) is 0 Å². The van der Waals surface area contributed by atoms with Gasteiger partial charge in [-0.1, -0.05) is 60.7 Å². The van der Waals surface area contributed by atoms with Crippen molar-refractivity contribution in [3.05, 3.63) is 71.8 Å². The van der Waals surface area contributed by atoms with E-state index in [1.165, 1.54) is 0 Å². The maximum absolute atomic E-state index is 8.98. The number of benzene rings is 2. The molecule has 0 saturated heterocycles. The molecule has 0 amide bonds. The monoisotopic (exact) mass is 416 g/mol. The van der Waals surface area contributed by atoms with E-state index in [0.717, 1.165) is 58.4 Å². The van der Waals surface area contributed by atoms with E-state index in [1.807, 2.05) is 36.4 Å². The predicted molar refractivity (Wildman–Crippen MR) is 124 cm³/mol. The maximum atomic E-state index is 8.98. The van der Waals surface area contributed by atoms with Gasteiger partial charge in [-0.25, -0.2) is 0 Å². The molecule has 0 radical (unpaired) electrons. The highest BCUT2D eigenvalue weighted by molar-refractivity contribution is 7.99. The summed E-state index contributed by atoms with van der Waals surface area (Å²) in [5.74, 6) is 3.28. The summed E-state index contributed by atoms with van der Waals surface area (Å²) in [6.45, 7) is 0.397. The van der Waals surface area contributed by atoms with Crippen LogP contribution < -0.4 is 0 Å². The Hall–Kier alpha value is -1.60. The van der Waals surface area contributed by atoms with Crippen LogP contribution in [0.25, 0.3) is 0 Å². The Morgan fingerprint density at radius 1 is 0.607 bits per heavy atom. The SMILES string of the molecule is OCCSCC/C(=N\N=C(/CCSCCO)c1ccccc1)c1ccccc1. The van der Waals surface area contributed by atoms with E-state index >= 15 is 0 Å². The number of hydrogen-bond acceptors (Lipinski definition) is 6. The summed E-state index contributed by atoms with van der Waals surface area (Å²) < 4.78 is 0. The molecule has 0 bridgehead atoms. The fourth-order valence-electron chi connectivity index (χ4n) is 2.56. The Kier molecular flexibility index (Phi) is 11.7. The lowest BCUT2D eigenvalue weighted by Gasteiger charge is -2.08. The van der Waals surface area contributed by atoms with E-state index in [0.29, 0.717) is 0 Å². The molecule has 0 atom stereocenters. The van der Waals surface area contributed by atoms with Gasteiger partial charge in [-0.3, -0.25) is 0 Å². The summed E-state index contributed by atoms with van der Waals surface area (Å²) in [6.07, 6.45) is 1.61. The topological polar surface area (TPSA) is 65.2 Å². The molecule has 2 rings (SSSR count). The molecule has 2 N–H and O–H groups in total. The lowest BCUT2D eigenvalue weighted by Crippen LogP contribution is -2.06. The highest BCUT2D eigenvalue weighted by Gasteiger charge is 2.07. The van der Waals surface area contributed by atoms with Gasteiger partial charge in [0.15, 0.2) is 0 Å². The van der Waals surface area contributed by atoms with E-state index < -0.39 is 0 Å². The summed E-state index contributed by atoms with van der Waals surface area (Å²) in [4.78, 5) is 0. The Balaban J connectivity index is 2.20. The minimum absolute atomic E-state index is 0.199.